The molecule has 0 heterocycles. The molecule has 5 nitrogen and oxygen atoms in total. The van der Waals surface area contributed by atoms with E-state index < -0.39 is 65.6 Å². The van der Waals surface area contributed by atoms with Crippen LogP contribution in [0, 0.1) is 5.82 Å². The third-order valence-corrected chi connectivity index (χ3v) is 4.33. The lowest BCUT2D eigenvalue weighted by Gasteiger charge is -2.23. The summed E-state index contributed by atoms with van der Waals surface area (Å²) in [5, 5.41) is 0. The van der Waals surface area contributed by atoms with Crippen LogP contribution in [-0.2, 0) is 31.4 Å². The number of ketones is 1. The van der Waals surface area contributed by atoms with Crippen LogP contribution in [0.2, 0.25) is 0 Å². The number of hydrogen-bond donors (Lipinski definition) is 0. The van der Waals surface area contributed by atoms with Gasteiger partial charge >= 0.3 is 18.3 Å². The van der Waals surface area contributed by atoms with Gasteiger partial charge in [-0.05, 0) is 55.0 Å². The third kappa shape index (κ3) is 7.26. The minimum absolute atomic E-state index is 0.0505. The van der Waals surface area contributed by atoms with E-state index in [1.165, 1.54) is 0 Å². The van der Waals surface area contributed by atoms with Crippen LogP contribution in [0.5, 0.6) is 0 Å². The van der Waals surface area contributed by atoms with Gasteiger partial charge in [0.25, 0.3) is 0 Å². The van der Waals surface area contributed by atoms with E-state index in [0.29, 0.717) is 12.1 Å². The molecule has 2 aromatic rings. The molecule has 180 valence electrons. The van der Waals surface area contributed by atoms with Gasteiger partial charge in [-0.25, -0.2) is 9.18 Å². The van der Waals surface area contributed by atoms with E-state index in [1.807, 2.05) is 0 Å². The highest BCUT2D eigenvalue weighted by Crippen LogP contribution is 2.38. The average Bonchev–Trinajstić information content (AvgIpc) is 2.74. The molecule has 0 aliphatic heterocycles. The van der Waals surface area contributed by atoms with Crippen molar-refractivity contribution in [3.05, 3.63) is 70.5 Å². The molecular formula is C21H17F7O5. The predicted molar refractivity (Wildman–Crippen MR) is 98.4 cm³/mol. The summed E-state index contributed by atoms with van der Waals surface area (Å²) in [6, 6.07) is 4.84. The van der Waals surface area contributed by atoms with Crippen molar-refractivity contribution in [1.82, 2.24) is 0 Å². The summed E-state index contributed by atoms with van der Waals surface area (Å²) in [6.07, 6.45) is -13.6. The fraction of sp³-hybridized carbons (Fsp3) is 0.333. The van der Waals surface area contributed by atoms with Gasteiger partial charge in [0.2, 0.25) is 12.1 Å². The van der Waals surface area contributed by atoms with E-state index >= 15 is 0 Å². The number of carbonyl (C=O) groups is 2. The maximum absolute atomic E-state index is 13.1. The molecule has 0 radical (unpaired) electrons. The quantitative estimate of drug-likeness (QED) is 0.220. The van der Waals surface area contributed by atoms with Crippen molar-refractivity contribution in [2.45, 2.75) is 31.7 Å². The van der Waals surface area contributed by atoms with Crippen LogP contribution in [0.1, 0.15) is 40.1 Å². The number of esters is 1. The van der Waals surface area contributed by atoms with Crippen LogP contribution in [0.15, 0.2) is 42.5 Å². The number of methoxy groups -OCH3 is 1. The molecular weight excluding hydrogens is 465 g/mol. The smallest absolute Gasteiger partial charge is 0.416 e. The van der Waals surface area contributed by atoms with E-state index in [9.17, 15) is 40.3 Å². The molecule has 2 atom stereocenters. The van der Waals surface area contributed by atoms with Gasteiger partial charge in [0.15, 0.2) is 0 Å². The van der Waals surface area contributed by atoms with E-state index in [-0.39, 0.29) is 11.6 Å². The highest BCUT2D eigenvalue weighted by molar-refractivity contribution is 5.98. The number of alkyl halides is 6. The van der Waals surface area contributed by atoms with Crippen LogP contribution in [0.3, 0.4) is 0 Å². The molecule has 0 amide bonds. The normalized spacial score (nSPS) is 14.0. The standard InChI is InChI=1S/C21H17F7O5/c1-11(13-7-14(20(23,24)25)9-15(8-13)21(26,27)28)33-19(32-10-17(29)31-2)18(30)12-3-5-16(22)6-4-12/h3-9,11,19H,10H2,1-2H3/t11-,19-/m0/s1. The molecule has 33 heavy (non-hydrogen) atoms. The first kappa shape index (κ1) is 26.3. The summed E-state index contributed by atoms with van der Waals surface area (Å²) in [6.45, 7) is 0.291. The van der Waals surface area contributed by atoms with Crippen molar-refractivity contribution in [3.63, 3.8) is 0 Å². The Kier molecular flexibility index (Phi) is 8.20. The number of ether oxygens (including phenoxy) is 3. The molecule has 0 saturated carbocycles. The Hall–Kier alpha value is -2.99. The summed E-state index contributed by atoms with van der Waals surface area (Å²) < 4.78 is 107. The van der Waals surface area contributed by atoms with Gasteiger partial charge in [-0.15, -0.1) is 0 Å². The van der Waals surface area contributed by atoms with E-state index in [2.05, 4.69) is 4.74 Å². The van der Waals surface area contributed by atoms with Gasteiger partial charge < -0.3 is 14.2 Å². The lowest BCUT2D eigenvalue weighted by molar-refractivity contribution is -0.168. The topological polar surface area (TPSA) is 61.8 Å². The zero-order valence-electron chi connectivity index (χ0n) is 17.1. The molecule has 0 aliphatic carbocycles. The fourth-order valence-corrected chi connectivity index (χ4v) is 2.61. The molecule has 2 rings (SSSR count). The highest BCUT2D eigenvalue weighted by atomic mass is 19.4. The van der Waals surface area contributed by atoms with Crippen molar-refractivity contribution >= 4 is 11.8 Å². The molecule has 0 N–H and O–H groups in total. The van der Waals surface area contributed by atoms with Gasteiger partial charge in [-0.2, -0.15) is 26.3 Å². The first-order valence-electron chi connectivity index (χ1n) is 9.15. The van der Waals surface area contributed by atoms with Crippen LogP contribution in [0.25, 0.3) is 0 Å². The molecule has 0 bridgehead atoms. The maximum atomic E-state index is 13.1. The maximum Gasteiger partial charge on any atom is 0.416 e. The van der Waals surface area contributed by atoms with Crippen molar-refractivity contribution in [2.75, 3.05) is 13.7 Å². The molecule has 0 fully saturated rings. The second kappa shape index (κ2) is 10.3. The number of halogens is 7. The Balaban J connectivity index is 2.39. The highest BCUT2D eigenvalue weighted by Gasteiger charge is 2.38. The second-order valence-corrected chi connectivity index (χ2v) is 6.71. The largest absolute Gasteiger partial charge is 0.467 e. The van der Waals surface area contributed by atoms with Gasteiger partial charge in [0.05, 0.1) is 24.3 Å². The van der Waals surface area contributed by atoms with Gasteiger partial charge in [0.1, 0.15) is 12.4 Å². The zero-order chi connectivity index (χ0) is 25.0. The molecule has 0 aliphatic rings. The van der Waals surface area contributed by atoms with Crippen LogP contribution in [-0.4, -0.2) is 31.8 Å². The summed E-state index contributed by atoms with van der Waals surface area (Å²) in [5.74, 6) is -2.55. The van der Waals surface area contributed by atoms with Crippen molar-refractivity contribution in [1.29, 1.82) is 0 Å². The van der Waals surface area contributed by atoms with Crippen LogP contribution >= 0.6 is 0 Å². The Bertz CT molecular complexity index is 952. The molecule has 12 heteroatoms. The predicted octanol–water partition coefficient (Wildman–Crippen LogP) is 5.34. The number of carbonyl (C=O) groups excluding carboxylic acids is 2. The monoisotopic (exact) mass is 482 g/mol. The second-order valence-electron chi connectivity index (χ2n) is 6.71. The van der Waals surface area contributed by atoms with Gasteiger partial charge in [-0.1, -0.05) is 0 Å². The molecule has 0 saturated heterocycles. The van der Waals surface area contributed by atoms with E-state index in [4.69, 9.17) is 9.47 Å². The van der Waals surface area contributed by atoms with Crippen molar-refractivity contribution < 1.29 is 54.5 Å². The van der Waals surface area contributed by atoms with E-state index in [1.54, 1.807) is 0 Å². The SMILES string of the molecule is COC(=O)CO[C@@H](O[C@@H](C)c1cc(C(F)(F)F)cc(C(F)(F)F)c1)C(=O)c1ccc(F)cc1. The van der Waals surface area contributed by atoms with E-state index in [0.717, 1.165) is 38.3 Å². The van der Waals surface area contributed by atoms with Gasteiger partial charge in [-0.3, -0.25) is 4.79 Å². The Morgan fingerprint density at radius 3 is 1.88 bits per heavy atom. The molecule has 0 spiro atoms. The van der Waals surface area contributed by atoms with Crippen molar-refractivity contribution in [2.24, 2.45) is 0 Å². The molecule has 0 aromatic heterocycles. The van der Waals surface area contributed by atoms with Crippen molar-refractivity contribution in [3.8, 4) is 0 Å². The average molecular weight is 482 g/mol. The summed E-state index contributed by atoms with van der Waals surface area (Å²) in [7, 11) is 1.02. The first-order chi connectivity index (χ1) is 15.2. The number of benzene rings is 2. The Morgan fingerprint density at radius 2 is 1.42 bits per heavy atom. The zero-order valence-corrected chi connectivity index (χ0v) is 17.1. The van der Waals surface area contributed by atoms with Crippen LogP contribution in [0.4, 0.5) is 30.7 Å². The summed E-state index contributed by atoms with van der Waals surface area (Å²) in [5.41, 5.74) is -3.83. The first-order valence-corrected chi connectivity index (χ1v) is 9.15. The van der Waals surface area contributed by atoms with Gasteiger partial charge in [0, 0.05) is 5.56 Å². The van der Waals surface area contributed by atoms with Crippen LogP contribution < -0.4 is 0 Å². The Morgan fingerprint density at radius 1 is 0.909 bits per heavy atom. The lowest BCUT2D eigenvalue weighted by Crippen LogP contribution is -2.31. The third-order valence-electron chi connectivity index (χ3n) is 4.33. The number of hydrogen-bond acceptors (Lipinski definition) is 5. The molecule has 0 unspecified atom stereocenters. The molecule has 2 aromatic carbocycles. The minimum Gasteiger partial charge on any atom is -0.467 e. The summed E-state index contributed by atoms with van der Waals surface area (Å²) >= 11 is 0. The lowest BCUT2D eigenvalue weighted by atomic mass is 10.0. The number of Topliss-reactive ketones (excluding diaryl/α,β-unsaturated/α-hetero) is 1. The number of rotatable bonds is 8. The summed E-state index contributed by atoms with van der Waals surface area (Å²) in [4.78, 5) is 24.1. The minimum atomic E-state index is -5.08. The fourth-order valence-electron chi connectivity index (χ4n) is 2.61. The Labute approximate surface area is 183 Å².